The average Bonchev–Trinajstić information content (AvgIpc) is 2.99. The summed E-state index contributed by atoms with van der Waals surface area (Å²) in [6, 6.07) is 10.6. The van der Waals surface area contributed by atoms with Crippen LogP contribution in [0, 0.1) is 11.8 Å². The maximum atomic E-state index is 12.3. The summed E-state index contributed by atoms with van der Waals surface area (Å²) in [5, 5.41) is 21.4. The number of thiophene rings is 1. The van der Waals surface area contributed by atoms with Gasteiger partial charge >= 0.3 is 5.97 Å². The lowest BCUT2D eigenvalue weighted by Crippen LogP contribution is -2.33. The molecule has 0 saturated heterocycles. The topological polar surface area (TPSA) is 86.6 Å². The van der Waals surface area contributed by atoms with Gasteiger partial charge in [0.05, 0.1) is 9.75 Å². The first-order valence-electron chi connectivity index (χ1n) is 7.20. The van der Waals surface area contributed by atoms with E-state index in [0.29, 0.717) is 15.3 Å². The SMILES string of the molecule is CC(C)(O)C#Cc1ccc(C(=O)NC(C(=O)O)c2ccccc2)s1. The Bertz CT molecular complexity index is 794. The zero-order valence-electron chi connectivity index (χ0n) is 13.2. The molecule has 1 amide bonds. The molecule has 2 rings (SSSR count). The third kappa shape index (κ3) is 4.95. The Morgan fingerprint density at radius 1 is 1.17 bits per heavy atom. The number of carboxylic acid groups (broad SMARTS) is 1. The molecule has 0 radical (unpaired) electrons. The number of hydrogen-bond donors (Lipinski definition) is 3. The first-order chi connectivity index (χ1) is 11.3. The summed E-state index contributed by atoms with van der Waals surface area (Å²) >= 11 is 1.14. The molecule has 0 aliphatic rings. The third-order valence-corrected chi connectivity index (χ3v) is 3.98. The van der Waals surface area contributed by atoms with E-state index in [1.807, 2.05) is 0 Å². The molecule has 6 heteroatoms. The van der Waals surface area contributed by atoms with E-state index in [9.17, 15) is 19.8 Å². The quantitative estimate of drug-likeness (QED) is 0.744. The molecule has 0 saturated carbocycles. The van der Waals surface area contributed by atoms with Gasteiger partial charge in [0.2, 0.25) is 0 Å². The number of aliphatic hydroxyl groups is 1. The van der Waals surface area contributed by atoms with Crippen LogP contribution in [0.1, 0.15) is 40.0 Å². The van der Waals surface area contributed by atoms with E-state index in [-0.39, 0.29) is 0 Å². The number of carbonyl (C=O) groups excluding carboxylic acids is 1. The number of nitrogens with one attached hydrogen (secondary N) is 1. The second kappa shape index (κ2) is 7.30. The van der Waals surface area contributed by atoms with Gasteiger partial charge in [-0.25, -0.2) is 4.79 Å². The average molecular weight is 343 g/mol. The normalized spacial score (nSPS) is 12.0. The van der Waals surface area contributed by atoms with Crippen molar-refractivity contribution < 1.29 is 19.8 Å². The van der Waals surface area contributed by atoms with Crippen molar-refractivity contribution in [2.24, 2.45) is 0 Å². The molecule has 0 spiro atoms. The fourth-order valence-electron chi connectivity index (χ4n) is 1.88. The fraction of sp³-hybridized carbons (Fsp3) is 0.222. The van der Waals surface area contributed by atoms with Crippen LogP contribution in [0.25, 0.3) is 0 Å². The summed E-state index contributed by atoms with van der Waals surface area (Å²) < 4.78 is 0. The van der Waals surface area contributed by atoms with Crippen molar-refractivity contribution in [1.82, 2.24) is 5.32 Å². The number of aliphatic carboxylic acids is 1. The highest BCUT2D eigenvalue weighted by Gasteiger charge is 2.23. The molecule has 3 N–H and O–H groups in total. The molecule has 24 heavy (non-hydrogen) atoms. The first kappa shape index (κ1) is 17.7. The minimum atomic E-state index is -1.13. The van der Waals surface area contributed by atoms with Crippen LogP contribution in [-0.4, -0.2) is 27.7 Å². The second-order valence-electron chi connectivity index (χ2n) is 5.63. The Balaban J connectivity index is 2.15. The molecule has 0 fully saturated rings. The van der Waals surface area contributed by atoms with E-state index in [4.69, 9.17) is 0 Å². The summed E-state index contributed by atoms with van der Waals surface area (Å²) in [5.41, 5.74) is -0.620. The van der Waals surface area contributed by atoms with Crippen LogP contribution in [0.15, 0.2) is 42.5 Å². The maximum Gasteiger partial charge on any atom is 0.330 e. The number of carbonyl (C=O) groups is 2. The Kier molecular flexibility index (Phi) is 5.39. The summed E-state index contributed by atoms with van der Waals surface area (Å²) in [4.78, 5) is 24.7. The zero-order valence-corrected chi connectivity index (χ0v) is 14.1. The van der Waals surface area contributed by atoms with Crippen LogP contribution in [-0.2, 0) is 4.79 Å². The van der Waals surface area contributed by atoms with Crippen molar-refractivity contribution in [2.45, 2.75) is 25.5 Å². The number of carboxylic acids is 1. The lowest BCUT2D eigenvalue weighted by Gasteiger charge is -2.14. The predicted octanol–water partition coefficient (Wildman–Crippen LogP) is 2.43. The van der Waals surface area contributed by atoms with Gasteiger partial charge in [0.25, 0.3) is 5.91 Å². The maximum absolute atomic E-state index is 12.3. The molecule has 2 aromatic rings. The number of benzene rings is 1. The van der Waals surface area contributed by atoms with E-state index in [2.05, 4.69) is 17.2 Å². The van der Waals surface area contributed by atoms with Crippen LogP contribution in [0.2, 0.25) is 0 Å². The highest BCUT2D eigenvalue weighted by molar-refractivity contribution is 7.14. The van der Waals surface area contributed by atoms with Crippen molar-refractivity contribution >= 4 is 23.2 Å². The molecule has 1 atom stereocenters. The minimum Gasteiger partial charge on any atom is -0.479 e. The Morgan fingerprint density at radius 3 is 2.42 bits per heavy atom. The Labute approximate surface area is 144 Å². The van der Waals surface area contributed by atoms with Crippen LogP contribution >= 0.6 is 11.3 Å². The van der Waals surface area contributed by atoms with Crippen LogP contribution in [0.4, 0.5) is 0 Å². The van der Waals surface area contributed by atoms with Crippen molar-refractivity contribution in [3.8, 4) is 11.8 Å². The Morgan fingerprint density at radius 2 is 1.83 bits per heavy atom. The first-order valence-corrected chi connectivity index (χ1v) is 8.02. The largest absolute Gasteiger partial charge is 0.479 e. The summed E-state index contributed by atoms with van der Waals surface area (Å²) in [7, 11) is 0. The van der Waals surface area contributed by atoms with Crippen molar-refractivity contribution in [3.05, 3.63) is 57.8 Å². The number of rotatable bonds is 4. The van der Waals surface area contributed by atoms with Crippen molar-refractivity contribution in [1.29, 1.82) is 0 Å². The van der Waals surface area contributed by atoms with Gasteiger partial charge in [-0.2, -0.15) is 0 Å². The van der Waals surface area contributed by atoms with E-state index in [1.54, 1.807) is 56.3 Å². The van der Waals surface area contributed by atoms with Gasteiger partial charge in [0.1, 0.15) is 5.60 Å². The predicted molar refractivity (Wildman–Crippen MR) is 91.8 cm³/mol. The number of hydrogen-bond acceptors (Lipinski definition) is 4. The Hall–Kier alpha value is -2.62. The molecule has 0 bridgehead atoms. The molecule has 5 nitrogen and oxygen atoms in total. The van der Waals surface area contributed by atoms with Gasteiger partial charge in [-0.3, -0.25) is 4.79 Å². The molecule has 0 aliphatic carbocycles. The molecule has 1 unspecified atom stereocenters. The number of amides is 1. The van der Waals surface area contributed by atoms with Crippen molar-refractivity contribution in [3.63, 3.8) is 0 Å². The van der Waals surface area contributed by atoms with Crippen LogP contribution < -0.4 is 5.32 Å². The van der Waals surface area contributed by atoms with Gasteiger partial charge in [0, 0.05) is 0 Å². The third-order valence-electron chi connectivity index (χ3n) is 2.98. The van der Waals surface area contributed by atoms with Crippen LogP contribution in [0.5, 0.6) is 0 Å². The van der Waals surface area contributed by atoms with Gasteiger partial charge in [-0.15, -0.1) is 11.3 Å². The van der Waals surface area contributed by atoms with Gasteiger partial charge < -0.3 is 15.5 Å². The highest BCUT2D eigenvalue weighted by Crippen LogP contribution is 2.19. The molecular weight excluding hydrogens is 326 g/mol. The van der Waals surface area contributed by atoms with E-state index in [1.165, 1.54) is 0 Å². The molecule has 1 aromatic carbocycles. The van der Waals surface area contributed by atoms with Gasteiger partial charge in [-0.05, 0) is 31.5 Å². The monoisotopic (exact) mass is 343 g/mol. The van der Waals surface area contributed by atoms with Crippen molar-refractivity contribution in [2.75, 3.05) is 0 Å². The zero-order chi connectivity index (χ0) is 17.7. The van der Waals surface area contributed by atoms with Crippen LogP contribution in [0.3, 0.4) is 0 Å². The lowest BCUT2D eigenvalue weighted by atomic mass is 10.1. The summed E-state index contributed by atoms with van der Waals surface area (Å²) in [6.45, 7) is 3.14. The fourth-order valence-corrected chi connectivity index (χ4v) is 2.64. The summed E-state index contributed by atoms with van der Waals surface area (Å²) in [5.74, 6) is 3.84. The second-order valence-corrected chi connectivity index (χ2v) is 6.71. The minimum absolute atomic E-state index is 0.359. The standard InChI is InChI=1S/C18H17NO4S/c1-18(2,23)11-10-13-8-9-14(24-13)16(20)19-15(17(21)22)12-6-4-3-5-7-12/h3-9,15,23H,1-2H3,(H,19,20)(H,21,22). The van der Waals surface area contributed by atoms with E-state index in [0.717, 1.165) is 11.3 Å². The van der Waals surface area contributed by atoms with Gasteiger partial charge in [0.15, 0.2) is 6.04 Å². The molecule has 1 aromatic heterocycles. The molecule has 1 heterocycles. The van der Waals surface area contributed by atoms with Gasteiger partial charge in [-0.1, -0.05) is 42.2 Å². The summed E-state index contributed by atoms with van der Waals surface area (Å²) in [6.07, 6.45) is 0. The molecule has 0 aliphatic heterocycles. The molecule has 124 valence electrons. The molecular formula is C18H17NO4S. The lowest BCUT2D eigenvalue weighted by molar-refractivity contribution is -0.139. The smallest absolute Gasteiger partial charge is 0.330 e. The highest BCUT2D eigenvalue weighted by atomic mass is 32.1. The van der Waals surface area contributed by atoms with E-state index >= 15 is 0 Å². The van der Waals surface area contributed by atoms with E-state index < -0.39 is 23.5 Å².